The summed E-state index contributed by atoms with van der Waals surface area (Å²) in [5, 5.41) is 15.1. The second-order valence-electron chi connectivity index (χ2n) is 11.3. The molecule has 4 aromatic rings. The molecule has 2 aliphatic heterocycles. The Morgan fingerprint density at radius 1 is 0.500 bits per heavy atom. The molecule has 0 aliphatic carbocycles. The Morgan fingerprint density at radius 2 is 0.778 bits per heavy atom. The van der Waals surface area contributed by atoms with E-state index in [2.05, 4.69) is 20.6 Å². The minimum absolute atomic E-state index is 0.0312. The van der Waals surface area contributed by atoms with E-state index in [9.17, 15) is 0 Å². The van der Waals surface area contributed by atoms with Crippen molar-refractivity contribution >= 4 is 58.0 Å². The van der Waals surface area contributed by atoms with Gasteiger partial charge in [0.2, 0.25) is 0 Å². The van der Waals surface area contributed by atoms with E-state index in [1.807, 2.05) is 55.4 Å². The van der Waals surface area contributed by atoms with Crippen molar-refractivity contribution in [3.63, 3.8) is 0 Å². The smallest absolute Gasteiger partial charge is 0.399 e. The van der Waals surface area contributed by atoms with Gasteiger partial charge in [-0.15, -0.1) is 0 Å². The molecule has 0 saturated carbocycles. The molecule has 2 saturated heterocycles. The number of halogens is 2. The molecule has 2 aromatic carbocycles. The molecule has 188 valence electrons. The molecule has 0 radical (unpaired) electrons. The standard InChI is InChI=1S/C22H24B2F2N4O6/c1-19(2)20(3,4)32-23(31-19)11-13(25)9-10(15-17(11)29-35-27-15)14(26)12(18-16(9)28-36-30-18)24-33-21(5,6)22(7,8)34-24/h1-8H3. The highest BCUT2D eigenvalue weighted by molar-refractivity contribution is 6.67. The minimum atomic E-state index is -1.16. The van der Waals surface area contributed by atoms with Gasteiger partial charge in [-0.25, -0.2) is 18.0 Å². The highest BCUT2D eigenvalue weighted by Gasteiger charge is 2.55. The lowest BCUT2D eigenvalue weighted by atomic mass is 9.73. The van der Waals surface area contributed by atoms with E-state index in [0.717, 1.165) is 0 Å². The van der Waals surface area contributed by atoms with Crippen molar-refractivity contribution in [3.05, 3.63) is 11.6 Å². The van der Waals surface area contributed by atoms with Crippen molar-refractivity contribution in [2.45, 2.75) is 77.8 Å². The summed E-state index contributed by atoms with van der Waals surface area (Å²) in [5.41, 5.74) is -3.35. The molecule has 14 heteroatoms. The Hall–Kier alpha value is -2.67. The summed E-state index contributed by atoms with van der Waals surface area (Å²) in [7, 11) is -2.32. The Balaban J connectivity index is 1.66. The van der Waals surface area contributed by atoms with Gasteiger partial charge in [0.1, 0.15) is 33.7 Å². The number of hydrogen-bond donors (Lipinski definition) is 0. The molecule has 6 rings (SSSR count). The van der Waals surface area contributed by atoms with Crippen LogP contribution in [0, 0.1) is 11.6 Å². The normalized spacial score (nSPS) is 22.5. The predicted octanol–water partition coefficient (Wildman–Crippen LogP) is 2.79. The summed E-state index contributed by atoms with van der Waals surface area (Å²) in [6, 6.07) is 0. The second kappa shape index (κ2) is 7.00. The molecule has 2 aromatic heterocycles. The fraction of sp³-hybridized carbons (Fsp3) is 0.545. The zero-order chi connectivity index (χ0) is 26.0. The van der Waals surface area contributed by atoms with Crippen LogP contribution in [-0.4, -0.2) is 57.3 Å². The summed E-state index contributed by atoms with van der Waals surface area (Å²) < 4.78 is 66.9. The van der Waals surface area contributed by atoms with E-state index in [4.69, 9.17) is 27.9 Å². The Labute approximate surface area is 205 Å². The maximum atomic E-state index is 16.4. The SMILES string of the molecule is CC1(C)OB(c2c(F)c3c4nonc4c(B4OC(C)(C)C(C)(C)O4)c(F)c3c3nonc23)OC1(C)C. The van der Waals surface area contributed by atoms with E-state index >= 15 is 8.78 Å². The van der Waals surface area contributed by atoms with Crippen LogP contribution in [0.5, 0.6) is 0 Å². The molecular formula is C22H24B2F2N4O6. The van der Waals surface area contributed by atoms with E-state index < -0.39 is 48.3 Å². The van der Waals surface area contributed by atoms with E-state index in [-0.39, 0.29) is 43.8 Å². The first-order valence-electron chi connectivity index (χ1n) is 11.6. The average Bonchev–Trinajstić information content (AvgIpc) is 3.48. The number of rotatable bonds is 2. The van der Waals surface area contributed by atoms with Crippen molar-refractivity contribution < 1.29 is 36.7 Å². The minimum Gasteiger partial charge on any atom is -0.399 e. The molecule has 2 fully saturated rings. The fourth-order valence-corrected chi connectivity index (χ4v) is 4.55. The lowest BCUT2D eigenvalue weighted by molar-refractivity contribution is 0.00578. The summed E-state index contributed by atoms with van der Waals surface area (Å²) in [4.78, 5) is 0. The third-order valence-corrected chi connectivity index (χ3v) is 8.10. The fourth-order valence-electron chi connectivity index (χ4n) is 4.55. The van der Waals surface area contributed by atoms with Crippen LogP contribution in [0.25, 0.3) is 32.8 Å². The molecule has 0 amide bonds. The van der Waals surface area contributed by atoms with Crippen LogP contribution in [0.4, 0.5) is 8.78 Å². The average molecular weight is 500 g/mol. The molecule has 4 heterocycles. The quantitative estimate of drug-likeness (QED) is 0.381. The Kier molecular flexibility index (Phi) is 4.61. The van der Waals surface area contributed by atoms with Gasteiger partial charge in [0.25, 0.3) is 0 Å². The maximum absolute atomic E-state index is 16.4. The van der Waals surface area contributed by atoms with Crippen LogP contribution in [0.15, 0.2) is 9.26 Å². The molecule has 0 bridgehead atoms. The lowest BCUT2D eigenvalue weighted by Crippen LogP contribution is -2.41. The Bertz CT molecular complexity index is 1420. The van der Waals surface area contributed by atoms with Crippen molar-refractivity contribution in [1.29, 1.82) is 0 Å². The van der Waals surface area contributed by atoms with Crippen molar-refractivity contribution in [3.8, 4) is 0 Å². The molecule has 10 nitrogen and oxygen atoms in total. The number of aromatic nitrogens is 4. The molecule has 0 N–H and O–H groups in total. The van der Waals surface area contributed by atoms with Gasteiger partial charge < -0.3 is 18.6 Å². The number of nitrogens with zero attached hydrogens (tertiary/aromatic N) is 4. The first kappa shape index (κ1) is 23.7. The zero-order valence-corrected chi connectivity index (χ0v) is 21.1. The molecular weight excluding hydrogens is 476 g/mol. The summed E-state index contributed by atoms with van der Waals surface area (Å²) in [6.45, 7) is 14.7. The monoisotopic (exact) mass is 500 g/mol. The van der Waals surface area contributed by atoms with Crippen LogP contribution in [-0.2, 0) is 18.6 Å². The summed E-state index contributed by atoms with van der Waals surface area (Å²) in [6.07, 6.45) is 0. The third-order valence-electron chi connectivity index (χ3n) is 8.10. The van der Waals surface area contributed by atoms with Crippen LogP contribution < -0.4 is 10.9 Å². The highest BCUT2D eigenvalue weighted by Crippen LogP contribution is 2.41. The van der Waals surface area contributed by atoms with Gasteiger partial charge in [-0.1, -0.05) is 10.3 Å². The highest BCUT2D eigenvalue weighted by atomic mass is 19.1. The number of benzene rings is 2. The van der Waals surface area contributed by atoms with Gasteiger partial charge in [0, 0.05) is 0 Å². The first-order valence-corrected chi connectivity index (χ1v) is 11.6. The van der Waals surface area contributed by atoms with E-state index in [0.29, 0.717) is 0 Å². The number of fused-ring (bicyclic) bond motifs is 5. The van der Waals surface area contributed by atoms with Gasteiger partial charge in [0.15, 0.2) is 0 Å². The summed E-state index contributed by atoms with van der Waals surface area (Å²) in [5.74, 6) is -1.71. The summed E-state index contributed by atoms with van der Waals surface area (Å²) >= 11 is 0. The van der Waals surface area contributed by atoms with Gasteiger partial charge in [0.05, 0.1) is 44.1 Å². The molecule has 0 unspecified atom stereocenters. The second-order valence-corrected chi connectivity index (χ2v) is 11.3. The maximum Gasteiger partial charge on any atom is 0.500 e. The molecule has 0 atom stereocenters. The predicted molar refractivity (Wildman–Crippen MR) is 126 cm³/mol. The zero-order valence-electron chi connectivity index (χ0n) is 21.1. The molecule has 0 spiro atoms. The van der Waals surface area contributed by atoms with Crippen LogP contribution in [0.2, 0.25) is 0 Å². The van der Waals surface area contributed by atoms with Gasteiger partial charge >= 0.3 is 14.2 Å². The van der Waals surface area contributed by atoms with Crippen LogP contribution in [0.1, 0.15) is 55.4 Å². The van der Waals surface area contributed by atoms with Crippen molar-refractivity contribution in [2.24, 2.45) is 0 Å². The van der Waals surface area contributed by atoms with Crippen molar-refractivity contribution in [1.82, 2.24) is 20.6 Å². The van der Waals surface area contributed by atoms with Crippen LogP contribution >= 0.6 is 0 Å². The lowest BCUT2D eigenvalue weighted by Gasteiger charge is -2.32. The van der Waals surface area contributed by atoms with Crippen LogP contribution in [0.3, 0.4) is 0 Å². The van der Waals surface area contributed by atoms with Gasteiger partial charge in [-0.3, -0.25) is 0 Å². The van der Waals surface area contributed by atoms with Crippen molar-refractivity contribution in [2.75, 3.05) is 0 Å². The Morgan fingerprint density at radius 3 is 1.08 bits per heavy atom. The first-order chi connectivity index (χ1) is 16.7. The molecule has 2 aliphatic rings. The van der Waals surface area contributed by atoms with Gasteiger partial charge in [-0.05, 0) is 65.7 Å². The largest absolute Gasteiger partial charge is 0.500 e. The van der Waals surface area contributed by atoms with Gasteiger partial charge in [-0.2, -0.15) is 0 Å². The van der Waals surface area contributed by atoms with E-state index in [1.165, 1.54) is 0 Å². The molecule has 36 heavy (non-hydrogen) atoms. The number of hydrogen-bond acceptors (Lipinski definition) is 10. The third kappa shape index (κ3) is 2.92. The van der Waals surface area contributed by atoms with E-state index in [1.54, 1.807) is 0 Å². The topological polar surface area (TPSA) is 115 Å².